The number of nitrogens with one attached hydrogen (secondary N) is 1. The van der Waals surface area contributed by atoms with Crippen LogP contribution in [0.5, 0.6) is 0 Å². The highest BCUT2D eigenvalue weighted by atomic mass is 16.5. The molecule has 1 amide bonds. The molecule has 0 aromatic heterocycles. The van der Waals surface area contributed by atoms with E-state index in [9.17, 15) is 9.59 Å². The molecule has 0 bridgehead atoms. The highest BCUT2D eigenvalue weighted by molar-refractivity contribution is 5.88. The minimum absolute atomic E-state index is 0.0525. The summed E-state index contributed by atoms with van der Waals surface area (Å²) in [6, 6.07) is 8.40. The standard InChI is InChI=1S/C16H23NO4/c1-4-11(2)14(12-8-6-5-7-9-12)15(18)17-13(10-21-3)16(19)20/h5-9,11,13-14H,4,10H2,1-3H3,(H,17,18)(H,19,20). The number of carboxylic acids is 1. The maximum absolute atomic E-state index is 12.5. The normalized spacial score (nSPS) is 15.0. The first kappa shape index (κ1) is 17.2. The van der Waals surface area contributed by atoms with Crippen LogP contribution in [0.4, 0.5) is 0 Å². The Balaban J connectivity index is 2.93. The van der Waals surface area contributed by atoms with Crippen LogP contribution in [0, 0.1) is 5.92 Å². The molecule has 0 saturated carbocycles. The van der Waals surface area contributed by atoms with Crippen molar-refractivity contribution in [3.8, 4) is 0 Å². The van der Waals surface area contributed by atoms with Crippen molar-refractivity contribution in [1.29, 1.82) is 0 Å². The summed E-state index contributed by atoms with van der Waals surface area (Å²) in [4.78, 5) is 23.6. The maximum atomic E-state index is 12.5. The molecule has 0 heterocycles. The molecule has 0 spiro atoms. The summed E-state index contributed by atoms with van der Waals surface area (Å²) >= 11 is 0. The van der Waals surface area contributed by atoms with Crippen molar-refractivity contribution in [2.75, 3.05) is 13.7 Å². The topological polar surface area (TPSA) is 75.6 Å². The zero-order valence-corrected chi connectivity index (χ0v) is 12.7. The number of hydrogen-bond acceptors (Lipinski definition) is 3. The van der Waals surface area contributed by atoms with E-state index in [0.29, 0.717) is 0 Å². The first-order chi connectivity index (χ1) is 10.0. The number of hydrogen-bond donors (Lipinski definition) is 2. The van der Waals surface area contributed by atoms with Crippen LogP contribution < -0.4 is 5.32 Å². The summed E-state index contributed by atoms with van der Waals surface area (Å²) in [6.07, 6.45) is 0.828. The Morgan fingerprint density at radius 2 is 1.90 bits per heavy atom. The molecule has 1 aromatic carbocycles. The number of aliphatic carboxylic acids is 1. The monoisotopic (exact) mass is 293 g/mol. The van der Waals surface area contributed by atoms with Crippen LogP contribution in [0.1, 0.15) is 31.7 Å². The molecule has 0 radical (unpaired) electrons. The van der Waals surface area contributed by atoms with Crippen LogP contribution >= 0.6 is 0 Å². The van der Waals surface area contributed by atoms with Gasteiger partial charge in [0.15, 0.2) is 6.04 Å². The van der Waals surface area contributed by atoms with Gasteiger partial charge < -0.3 is 15.2 Å². The Labute approximate surface area is 125 Å². The summed E-state index contributed by atoms with van der Waals surface area (Å²) in [5.41, 5.74) is 0.894. The minimum atomic E-state index is -1.10. The van der Waals surface area contributed by atoms with Crippen LogP contribution in [0.3, 0.4) is 0 Å². The Morgan fingerprint density at radius 1 is 1.29 bits per heavy atom. The molecule has 3 atom stereocenters. The summed E-state index contributed by atoms with van der Waals surface area (Å²) in [7, 11) is 1.41. The van der Waals surface area contributed by atoms with Gasteiger partial charge in [-0.3, -0.25) is 4.79 Å². The number of carbonyl (C=O) groups excluding carboxylic acids is 1. The summed E-state index contributed by atoms with van der Waals surface area (Å²) < 4.78 is 4.84. The van der Waals surface area contributed by atoms with E-state index in [1.165, 1.54) is 7.11 Å². The highest BCUT2D eigenvalue weighted by Gasteiger charge is 2.29. The Morgan fingerprint density at radius 3 is 2.38 bits per heavy atom. The second-order valence-corrected chi connectivity index (χ2v) is 5.13. The molecule has 5 nitrogen and oxygen atoms in total. The van der Waals surface area contributed by atoms with Crippen molar-refractivity contribution in [3.05, 3.63) is 35.9 Å². The van der Waals surface area contributed by atoms with Gasteiger partial charge in [0.2, 0.25) is 5.91 Å². The SMILES string of the molecule is CCC(C)C(C(=O)NC(COC)C(=O)O)c1ccccc1. The largest absolute Gasteiger partial charge is 0.480 e. The van der Waals surface area contributed by atoms with Gasteiger partial charge >= 0.3 is 5.97 Å². The van der Waals surface area contributed by atoms with Gasteiger partial charge in [0.25, 0.3) is 0 Å². The van der Waals surface area contributed by atoms with Gasteiger partial charge in [0.05, 0.1) is 12.5 Å². The third-order valence-corrected chi connectivity index (χ3v) is 3.60. The molecule has 0 aliphatic rings. The van der Waals surface area contributed by atoms with Crippen molar-refractivity contribution >= 4 is 11.9 Å². The molecule has 21 heavy (non-hydrogen) atoms. The molecule has 0 aliphatic carbocycles. The predicted octanol–water partition coefficient (Wildman–Crippen LogP) is 2.03. The minimum Gasteiger partial charge on any atom is -0.480 e. The highest BCUT2D eigenvalue weighted by Crippen LogP contribution is 2.27. The van der Waals surface area contributed by atoms with Gasteiger partial charge in [0, 0.05) is 7.11 Å². The second kappa shape index (κ2) is 8.42. The number of ether oxygens (including phenoxy) is 1. The van der Waals surface area contributed by atoms with Crippen molar-refractivity contribution in [1.82, 2.24) is 5.32 Å². The first-order valence-corrected chi connectivity index (χ1v) is 7.08. The van der Waals surface area contributed by atoms with Crippen LogP contribution in [-0.4, -0.2) is 36.7 Å². The number of amides is 1. The summed E-state index contributed by atoms with van der Waals surface area (Å²) in [6.45, 7) is 3.95. The summed E-state index contributed by atoms with van der Waals surface area (Å²) in [5, 5.41) is 11.7. The van der Waals surface area contributed by atoms with E-state index in [0.717, 1.165) is 12.0 Å². The fourth-order valence-corrected chi connectivity index (χ4v) is 2.24. The average Bonchev–Trinajstić information content (AvgIpc) is 2.47. The molecule has 0 fully saturated rings. The number of rotatable bonds is 8. The zero-order valence-electron chi connectivity index (χ0n) is 12.7. The zero-order chi connectivity index (χ0) is 15.8. The van der Waals surface area contributed by atoms with E-state index in [-0.39, 0.29) is 24.3 Å². The molecule has 5 heteroatoms. The summed E-state index contributed by atoms with van der Waals surface area (Å²) in [5.74, 6) is -1.62. The Bertz CT molecular complexity index is 461. The lowest BCUT2D eigenvalue weighted by Crippen LogP contribution is -2.46. The van der Waals surface area contributed by atoms with E-state index >= 15 is 0 Å². The van der Waals surface area contributed by atoms with Crippen molar-refractivity contribution in [3.63, 3.8) is 0 Å². The van der Waals surface area contributed by atoms with Crippen LogP contribution in [0.15, 0.2) is 30.3 Å². The van der Waals surface area contributed by atoms with E-state index < -0.39 is 12.0 Å². The molecular formula is C16H23NO4. The fourth-order valence-electron chi connectivity index (χ4n) is 2.24. The number of methoxy groups -OCH3 is 1. The van der Waals surface area contributed by atoms with Gasteiger partial charge in [0.1, 0.15) is 0 Å². The molecule has 0 aliphatic heterocycles. The van der Waals surface area contributed by atoms with Crippen LogP contribution in [-0.2, 0) is 14.3 Å². The van der Waals surface area contributed by atoms with Crippen molar-refractivity contribution < 1.29 is 19.4 Å². The number of carboxylic acid groups (broad SMARTS) is 1. The molecule has 2 N–H and O–H groups in total. The molecule has 116 valence electrons. The Hall–Kier alpha value is -1.88. The van der Waals surface area contributed by atoms with Gasteiger partial charge in [-0.05, 0) is 11.5 Å². The lowest BCUT2D eigenvalue weighted by atomic mass is 9.84. The molecule has 1 aromatic rings. The molecular weight excluding hydrogens is 270 g/mol. The second-order valence-electron chi connectivity index (χ2n) is 5.13. The predicted molar refractivity (Wildman–Crippen MR) is 80.1 cm³/mol. The molecule has 3 unspecified atom stereocenters. The number of benzene rings is 1. The van der Waals surface area contributed by atoms with Gasteiger partial charge in [-0.25, -0.2) is 4.79 Å². The third kappa shape index (κ3) is 4.86. The van der Waals surface area contributed by atoms with Gasteiger partial charge in [-0.15, -0.1) is 0 Å². The van der Waals surface area contributed by atoms with Crippen LogP contribution in [0.25, 0.3) is 0 Å². The lowest BCUT2D eigenvalue weighted by Gasteiger charge is -2.24. The first-order valence-electron chi connectivity index (χ1n) is 7.08. The van der Waals surface area contributed by atoms with Gasteiger partial charge in [-0.1, -0.05) is 50.6 Å². The molecule has 1 rings (SSSR count). The molecule has 0 saturated heterocycles. The van der Waals surface area contributed by atoms with Crippen molar-refractivity contribution in [2.45, 2.75) is 32.2 Å². The van der Waals surface area contributed by atoms with E-state index in [1.807, 2.05) is 44.2 Å². The smallest absolute Gasteiger partial charge is 0.328 e. The number of carbonyl (C=O) groups is 2. The van der Waals surface area contributed by atoms with E-state index in [2.05, 4.69) is 5.32 Å². The van der Waals surface area contributed by atoms with Gasteiger partial charge in [-0.2, -0.15) is 0 Å². The Kier molecular flexibility index (Phi) is 6.88. The quantitative estimate of drug-likeness (QED) is 0.769. The third-order valence-electron chi connectivity index (χ3n) is 3.60. The van der Waals surface area contributed by atoms with E-state index in [1.54, 1.807) is 0 Å². The van der Waals surface area contributed by atoms with E-state index in [4.69, 9.17) is 9.84 Å². The average molecular weight is 293 g/mol. The fraction of sp³-hybridized carbons (Fsp3) is 0.500. The van der Waals surface area contributed by atoms with Crippen molar-refractivity contribution in [2.24, 2.45) is 5.92 Å². The maximum Gasteiger partial charge on any atom is 0.328 e. The lowest BCUT2D eigenvalue weighted by molar-refractivity contribution is -0.143. The van der Waals surface area contributed by atoms with Crippen LogP contribution in [0.2, 0.25) is 0 Å².